The van der Waals surface area contributed by atoms with Crippen molar-refractivity contribution in [1.29, 1.82) is 0 Å². The van der Waals surface area contributed by atoms with E-state index in [1.807, 2.05) is 0 Å². The van der Waals surface area contributed by atoms with Crippen molar-refractivity contribution in [2.24, 2.45) is 5.92 Å². The normalized spacial score (nSPS) is 27.9. The molecule has 1 heterocycles. The number of carbonyl (C=O) groups excluding carboxylic acids is 1. The third-order valence-electron chi connectivity index (χ3n) is 5.12. The Morgan fingerprint density at radius 2 is 2.00 bits per heavy atom. The zero-order chi connectivity index (χ0) is 13.9. The lowest BCUT2D eigenvalue weighted by molar-refractivity contribution is -0.126. The first-order valence-electron chi connectivity index (χ1n) is 8.07. The van der Waals surface area contributed by atoms with E-state index in [9.17, 15) is 4.79 Å². The van der Waals surface area contributed by atoms with Crippen LogP contribution in [0.5, 0.6) is 0 Å². The fourth-order valence-electron chi connectivity index (χ4n) is 3.93. The van der Waals surface area contributed by atoms with Crippen LogP contribution in [0.15, 0.2) is 24.3 Å². The SMILES string of the molecule is Cc1ccccc1CN1CCCC1C1CCCCC1=O. The van der Waals surface area contributed by atoms with Crippen LogP contribution in [0.4, 0.5) is 0 Å². The molecular formula is C18H25NO. The highest BCUT2D eigenvalue weighted by Crippen LogP contribution is 2.33. The van der Waals surface area contributed by atoms with Gasteiger partial charge in [-0.3, -0.25) is 9.69 Å². The van der Waals surface area contributed by atoms with E-state index in [-0.39, 0.29) is 0 Å². The Morgan fingerprint density at radius 1 is 1.15 bits per heavy atom. The molecule has 0 N–H and O–H groups in total. The van der Waals surface area contributed by atoms with E-state index in [0.717, 1.165) is 32.4 Å². The monoisotopic (exact) mass is 271 g/mol. The summed E-state index contributed by atoms with van der Waals surface area (Å²) >= 11 is 0. The van der Waals surface area contributed by atoms with E-state index in [1.165, 1.54) is 30.4 Å². The van der Waals surface area contributed by atoms with Crippen LogP contribution < -0.4 is 0 Å². The van der Waals surface area contributed by atoms with Crippen molar-refractivity contribution < 1.29 is 4.79 Å². The second-order valence-corrected chi connectivity index (χ2v) is 6.43. The largest absolute Gasteiger partial charge is 0.299 e. The maximum atomic E-state index is 12.2. The van der Waals surface area contributed by atoms with Crippen molar-refractivity contribution in [2.75, 3.05) is 6.54 Å². The second kappa shape index (κ2) is 6.09. The molecule has 0 bridgehead atoms. The van der Waals surface area contributed by atoms with Gasteiger partial charge in [-0.1, -0.05) is 30.7 Å². The highest BCUT2D eigenvalue weighted by atomic mass is 16.1. The molecule has 2 aliphatic rings. The van der Waals surface area contributed by atoms with E-state index in [2.05, 4.69) is 36.1 Å². The van der Waals surface area contributed by atoms with Gasteiger partial charge in [0, 0.05) is 24.9 Å². The number of hydrogen-bond acceptors (Lipinski definition) is 2. The van der Waals surface area contributed by atoms with Crippen molar-refractivity contribution >= 4 is 5.78 Å². The number of likely N-dealkylation sites (tertiary alicyclic amines) is 1. The van der Waals surface area contributed by atoms with Crippen LogP contribution in [0.3, 0.4) is 0 Å². The van der Waals surface area contributed by atoms with Gasteiger partial charge in [-0.25, -0.2) is 0 Å². The minimum Gasteiger partial charge on any atom is -0.299 e. The summed E-state index contributed by atoms with van der Waals surface area (Å²) in [7, 11) is 0. The third-order valence-corrected chi connectivity index (χ3v) is 5.12. The summed E-state index contributed by atoms with van der Waals surface area (Å²) in [5.74, 6) is 0.841. The quantitative estimate of drug-likeness (QED) is 0.835. The summed E-state index contributed by atoms with van der Waals surface area (Å²) < 4.78 is 0. The molecule has 0 amide bonds. The molecule has 1 aliphatic carbocycles. The molecule has 20 heavy (non-hydrogen) atoms. The minimum atomic E-state index is 0.315. The number of rotatable bonds is 3. The van der Waals surface area contributed by atoms with E-state index < -0.39 is 0 Å². The first kappa shape index (κ1) is 13.8. The molecule has 2 unspecified atom stereocenters. The first-order valence-corrected chi connectivity index (χ1v) is 8.07. The molecule has 0 aromatic heterocycles. The topological polar surface area (TPSA) is 20.3 Å². The summed E-state index contributed by atoms with van der Waals surface area (Å²) in [5.41, 5.74) is 2.79. The van der Waals surface area contributed by atoms with Gasteiger partial charge in [0.15, 0.2) is 0 Å². The number of hydrogen-bond donors (Lipinski definition) is 0. The van der Waals surface area contributed by atoms with Crippen molar-refractivity contribution in [2.45, 2.75) is 58.0 Å². The Labute approximate surface area is 122 Å². The number of aryl methyl sites for hydroxylation is 1. The zero-order valence-electron chi connectivity index (χ0n) is 12.5. The van der Waals surface area contributed by atoms with Gasteiger partial charge >= 0.3 is 0 Å². The van der Waals surface area contributed by atoms with E-state index in [0.29, 0.717) is 17.7 Å². The molecule has 2 fully saturated rings. The summed E-state index contributed by atoms with van der Waals surface area (Å²) in [6.07, 6.45) is 6.75. The molecule has 0 spiro atoms. The molecule has 1 saturated heterocycles. The maximum absolute atomic E-state index is 12.2. The molecule has 1 aliphatic heterocycles. The molecule has 108 valence electrons. The van der Waals surface area contributed by atoms with Crippen LogP contribution in [-0.2, 0) is 11.3 Å². The number of benzene rings is 1. The Bertz CT molecular complexity index is 482. The molecule has 1 aromatic carbocycles. The van der Waals surface area contributed by atoms with Gasteiger partial charge in [0.25, 0.3) is 0 Å². The molecule has 2 heteroatoms. The molecule has 1 aromatic rings. The van der Waals surface area contributed by atoms with Gasteiger partial charge in [0.2, 0.25) is 0 Å². The van der Waals surface area contributed by atoms with Crippen molar-refractivity contribution in [3.8, 4) is 0 Å². The molecular weight excluding hydrogens is 246 g/mol. The van der Waals surface area contributed by atoms with Crippen LogP contribution in [0, 0.1) is 12.8 Å². The number of nitrogens with zero attached hydrogens (tertiary/aromatic N) is 1. The van der Waals surface area contributed by atoms with E-state index in [4.69, 9.17) is 0 Å². The Kier molecular flexibility index (Phi) is 4.21. The van der Waals surface area contributed by atoms with Crippen molar-refractivity contribution in [3.63, 3.8) is 0 Å². The van der Waals surface area contributed by atoms with Gasteiger partial charge in [0.1, 0.15) is 5.78 Å². The number of Topliss-reactive ketones (excluding diaryl/α,β-unsaturated/α-hetero) is 1. The van der Waals surface area contributed by atoms with Crippen LogP contribution >= 0.6 is 0 Å². The summed E-state index contributed by atoms with van der Waals surface area (Å²) in [6.45, 7) is 4.36. The highest BCUT2D eigenvalue weighted by molar-refractivity contribution is 5.82. The maximum Gasteiger partial charge on any atom is 0.137 e. The standard InChI is InChI=1S/C18H25NO/c1-14-7-2-3-8-15(14)13-19-12-6-10-17(19)16-9-4-5-11-18(16)20/h2-3,7-8,16-17H,4-6,9-13H2,1H3. The van der Waals surface area contributed by atoms with Crippen LogP contribution in [0.25, 0.3) is 0 Å². The van der Waals surface area contributed by atoms with E-state index in [1.54, 1.807) is 0 Å². The predicted octanol–water partition coefficient (Wildman–Crippen LogP) is 3.72. The lowest BCUT2D eigenvalue weighted by Crippen LogP contribution is -2.40. The number of ketones is 1. The fourth-order valence-corrected chi connectivity index (χ4v) is 3.93. The van der Waals surface area contributed by atoms with Gasteiger partial charge in [-0.2, -0.15) is 0 Å². The Hall–Kier alpha value is -1.15. The van der Waals surface area contributed by atoms with E-state index >= 15 is 0 Å². The Morgan fingerprint density at radius 3 is 2.80 bits per heavy atom. The molecule has 1 saturated carbocycles. The summed E-state index contributed by atoms with van der Waals surface area (Å²) in [4.78, 5) is 14.8. The van der Waals surface area contributed by atoms with Crippen LogP contribution in [0.1, 0.15) is 49.7 Å². The van der Waals surface area contributed by atoms with Crippen molar-refractivity contribution in [3.05, 3.63) is 35.4 Å². The predicted molar refractivity (Wildman–Crippen MR) is 81.6 cm³/mol. The van der Waals surface area contributed by atoms with Gasteiger partial charge in [-0.05, 0) is 50.3 Å². The van der Waals surface area contributed by atoms with Crippen LogP contribution in [-0.4, -0.2) is 23.3 Å². The second-order valence-electron chi connectivity index (χ2n) is 6.43. The molecule has 2 nitrogen and oxygen atoms in total. The number of carbonyl (C=O) groups is 1. The lowest BCUT2D eigenvalue weighted by atomic mass is 9.81. The minimum absolute atomic E-state index is 0.315. The Balaban J connectivity index is 1.72. The average molecular weight is 271 g/mol. The third kappa shape index (κ3) is 2.80. The average Bonchev–Trinajstić information content (AvgIpc) is 2.90. The summed E-state index contributed by atoms with van der Waals surface area (Å²) in [5, 5.41) is 0. The van der Waals surface area contributed by atoms with Crippen LogP contribution in [0.2, 0.25) is 0 Å². The van der Waals surface area contributed by atoms with Gasteiger partial charge < -0.3 is 0 Å². The zero-order valence-corrected chi connectivity index (χ0v) is 12.5. The highest BCUT2D eigenvalue weighted by Gasteiger charge is 2.36. The molecule has 2 atom stereocenters. The fraction of sp³-hybridized carbons (Fsp3) is 0.611. The van der Waals surface area contributed by atoms with Gasteiger partial charge in [-0.15, -0.1) is 0 Å². The van der Waals surface area contributed by atoms with Gasteiger partial charge in [0.05, 0.1) is 0 Å². The van der Waals surface area contributed by atoms with Crippen molar-refractivity contribution in [1.82, 2.24) is 4.90 Å². The first-order chi connectivity index (χ1) is 9.75. The summed E-state index contributed by atoms with van der Waals surface area (Å²) in [6, 6.07) is 9.14. The lowest BCUT2D eigenvalue weighted by Gasteiger charge is -2.33. The molecule has 0 radical (unpaired) electrons. The molecule has 3 rings (SSSR count). The smallest absolute Gasteiger partial charge is 0.137 e.